The van der Waals surface area contributed by atoms with Gasteiger partial charge in [-0.3, -0.25) is 14.3 Å². The maximum Gasteiger partial charge on any atom is 0.423 e. The minimum atomic E-state index is -4.80. The van der Waals surface area contributed by atoms with Gasteiger partial charge in [0, 0.05) is 41.4 Å². The van der Waals surface area contributed by atoms with Crippen molar-refractivity contribution in [2.45, 2.75) is 37.6 Å². The fraction of sp³-hybridized carbons (Fsp3) is 0.600. The topological polar surface area (TPSA) is 63.4 Å². The monoisotopic (exact) mass is 364 g/mol. The molecule has 134 valence electrons. The van der Waals surface area contributed by atoms with E-state index in [0.717, 1.165) is 12.1 Å². The van der Waals surface area contributed by atoms with Gasteiger partial charge in [-0.2, -0.15) is 13.2 Å². The summed E-state index contributed by atoms with van der Waals surface area (Å²) in [6, 6.07) is 3.05. The molecule has 5 nitrogen and oxygen atoms in total. The molecule has 1 aliphatic rings. The van der Waals surface area contributed by atoms with Crippen molar-refractivity contribution in [1.82, 2.24) is 0 Å². The maximum absolute atomic E-state index is 13.1. The molecule has 0 aliphatic carbocycles. The Labute approximate surface area is 140 Å². The van der Waals surface area contributed by atoms with Crippen LogP contribution in [0.3, 0.4) is 0 Å². The molecular formula is C15H19F3N2O3S. The first-order chi connectivity index (χ1) is 11.1. The van der Waals surface area contributed by atoms with Crippen LogP contribution in [0.25, 0.3) is 0 Å². The highest BCUT2D eigenvalue weighted by molar-refractivity contribution is 7.86. The van der Waals surface area contributed by atoms with E-state index in [4.69, 9.17) is 0 Å². The first-order valence-corrected chi connectivity index (χ1v) is 8.95. The summed E-state index contributed by atoms with van der Waals surface area (Å²) in [4.78, 5) is 11.6. The number of alkyl halides is 3. The lowest BCUT2D eigenvalue weighted by atomic mass is 10.0. The van der Waals surface area contributed by atoms with E-state index in [1.165, 1.54) is 6.07 Å². The second kappa shape index (κ2) is 6.70. The van der Waals surface area contributed by atoms with Gasteiger partial charge in [0.25, 0.3) is 5.69 Å². The van der Waals surface area contributed by atoms with Crippen molar-refractivity contribution >= 4 is 22.2 Å². The zero-order chi connectivity index (χ0) is 18.1. The molecule has 1 aromatic rings. The number of benzene rings is 1. The van der Waals surface area contributed by atoms with Gasteiger partial charge in [-0.1, -0.05) is 13.8 Å². The molecule has 0 bridgehead atoms. The largest absolute Gasteiger partial charge is 0.423 e. The Morgan fingerprint density at radius 2 is 1.96 bits per heavy atom. The molecule has 1 saturated heterocycles. The van der Waals surface area contributed by atoms with Gasteiger partial charge in [0.1, 0.15) is 5.56 Å². The van der Waals surface area contributed by atoms with Crippen LogP contribution in [-0.2, 0) is 17.0 Å². The highest BCUT2D eigenvalue weighted by Gasteiger charge is 2.41. The third kappa shape index (κ3) is 3.40. The molecule has 0 N–H and O–H groups in total. The molecule has 1 aliphatic heterocycles. The average Bonchev–Trinajstić information content (AvgIpc) is 2.54. The van der Waals surface area contributed by atoms with Gasteiger partial charge in [0.05, 0.1) is 9.67 Å². The lowest BCUT2D eigenvalue weighted by molar-refractivity contribution is -0.388. The summed E-state index contributed by atoms with van der Waals surface area (Å²) in [7, 11) is -1.04. The Bertz CT molecular complexity index is 660. The molecule has 1 heterocycles. The lowest BCUT2D eigenvalue weighted by Gasteiger charge is -2.42. The van der Waals surface area contributed by atoms with E-state index in [1.807, 2.05) is 13.8 Å². The quantitative estimate of drug-likeness (QED) is 0.603. The summed E-state index contributed by atoms with van der Waals surface area (Å²) in [5.41, 5.74) is -1.93. The van der Waals surface area contributed by atoms with E-state index < -0.39 is 37.9 Å². The molecule has 9 heteroatoms. The Hall–Kier alpha value is -1.64. The number of hydrogen-bond donors (Lipinski definition) is 0. The van der Waals surface area contributed by atoms with E-state index in [1.54, 1.807) is 4.90 Å². The number of halogens is 3. The predicted octanol–water partition coefficient (Wildman–Crippen LogP) is 3.74. The molecule has 0 radical (unpaired) electrons. The molecule has 1 unspecified atom stereocenters. The van der Waals surface area contributed by atoms with E-state index in [9.17, 15) is 27.5 Å². The van der Waals surface area contributed by atoms with Gasteiger partial charge in [-0.05, 0) is 25.0 Å². The molecule has 0 amide bonds. The smallest absolute Gasteiger partial charge is 0.369 e. The van der Waals surface area contributed by atoms with E-state index in [-0.39, 0.29) is 5.69 Å². The summed E-state index contributed by atoms with van der Waals surface area (Å²) < 4.78 is 51.3. The molecule has 1 fully saturated rings. The Kier molecular flexibility index (Phi) is 5.22. The Morgan fingerprint density at radius 3 is 2.46 bits per heavy atom. The predicted molar refractivity (Wildman–Crippen MR) is 86.6 cm³/mol. The van der Waals surface area contributed by atoms with Crippen LogP contribution in [0.2, 0.25) is 0 Å². The second-order valence-corrected chi connectivity index (χ2v) is 7.78. The number of hydrogen-bond acceptors (Lipinski definition) is 4. The summed E-state index contributed by atoms with van der Waals surface area (Å²) in [5.74, 6) is 0.375. The van der Waals surface area contributed by atoms with Gasteiger partial charge in [0.15, 0.2) is 0 Å². The first kappa shape index (κ1) is 18.7. The van der Waals surface area contributed by atoms with Gasteiger partial charge in [-0.25, -0.2) is 0 Å². The minimum Gasteiger partial charge on any atom is -0.369 e. The average molecular weight is 364 g/mol. The summed E-state index contributed by atoms with van der Waals surface area (Å²) in [5, 5.41) is 10.8. The minimum absolute atomic E-state index is 0.274. The van der Waals surface area contributed by atoms with Crippen LogP contribution in [0.4, 0.5) is 24.5 Å². The van der Waals surface area contributed by atoms with Crippen molar-refractivity contribution in [1.29, 1.82) is 0 Å². The summed E-state index contributed by atoms with van der Waals surface area (Å²) in [6.07, 6.45) is -3.49. The number of nitro benzene ring substituents is 1. The van der Waals surface area contributed by atoms with Gasteiger partial charge >= 0.3 is 6.18 Å². The molecule has 24 heavy (non-hydrogen) atoms. The van der Waals surface area contributed by atoms with E-state index in [2.05, 4.69) is 0 Å². The highest BCUT2D eigenvalue weighted by atomic mass is 32.2. The molecule has 0 saturated carbocycles. The maximum atomic E-state index is 13.1. The van der Waals surface area contributed by atoms with Crippen molar-refractivity contribution in [2.75, 3.05) is 23.7 Å². The number of nitro groups is 1. The van der Waals surface area contributed by atoms with Crippen molar-refractivity contribution in [2.24, 2.45) is 0 Å². The lowest BCUT2D eigenvalue weighted by Crippen LogP contribution is -2.53. The number of nitrogens with zero attached hydrogens (tertiary/aromatic N) is 2. The van der Waals surface area contributed by atoms with Crippen molar-refractivity contribution < 1.29 is 22.3 Å². The van der Waals surface area contributed by atoms with Crippen LogP contribution < -0.4 is 4.90 Å². The third-order valence-electron chi connectivity index (χ3n) is 4.64. The highest BCUT2D eigenvalue weighted by Crippen LogP contribution is 2.39. The summed E-state index contributed by atoms with van der Waals surface area (Å²) >= 11 is 0. The molecule has 0 spiro atoms. The zero-order valence-corrected chi connectivity index (χ0v) is 14.2. The third-order valence-corrected chi connectivity index (χ3v) is 6.87. The SMILES string of the molecule is CCC1(CC)CN(c2ccc([N+](=O)[O-])c(C(F)(F)F)c2)CCS1=O. The fourth-order valence-electron chi connectivity index (χ4n) is 3.03. The van der Waals surface area contributed by atoms with Crippen LogP contribution in [0.5, 0.6) is 0 Å². The van der Waals surface area contributed by atoms with Gasteiger partial charge in [-0.15, -0.1) is 0 Å². The Balaban J connectivity index is 2.43. The molecule has 2 rings (SSSR count). The van der Waals surface area contributed by atoms with Crippen molar-refractivity contribution in [3.63, 3.8) is 0 Å². The Morgan fingerprint density at radius 1 is 1.33 bits per heavy atom. The molecule has 1 aromatic carbocycles. The van der Waals surface area contributed by atoms with E-state index >= 15 is 0 Å². The van der Waals surface area contributed by atoms with Crippen LogP contribution in [-0.4, -0.2) is 32.7 Å². The van der Waals surface area contributed by atoms with Crippen LogP contribution in [0, 0.1) is 10.1 Å². The standard InChI is InChI=1S/C15H19F3N2O3S/c1-3-14(4-2)10-19(7-8-24(14)23)11-5-6-13(20(21)22)12(9-11)15(16,17)18/h5-6,9H,3-4,7-8,10H2,1-2H3. The van der Waals surface area contributed by atoms with Gasteiger partial charge < -0.3 is 4.90 Å². The van der Waals surface area contributed by atoms with Crippen molar-refractivity contribution in [3.05, 3.63) is 33.9 Å². The summed E-state index contributed by atoms with van der Waals surface area (Å²) in [6.45, 7) is 4.58. The van der Waals surface area contributed by atoms with Gasteiger partial charge in [0.2, 0.25) is 0 Å². The fourth-order valence-corrected chi connectivity index (χ4v) is 4.79. The molecule has 1 atom stereocenters. The van der Waals surface area contributed by atoms with Crippen LogP contribution in [0.15, 0.2) is 18.2 Å². The molecular weight excluding hydrogens is 345 g/mol. The number of anilines is 1. The van der Waals surface area contributed by atoms with Crippen LogP contribution in [0.1, 0.15) is 32.3 Å². The van der Waals surface area contributed by atoms with E-state index in [0.29, 0.717) is 31.7 Å². The number of rotatable bonds is 4. The zero-order valence-electron chi connectivity index (χ0n) is 13.4. The molecule has 0 aromatic heterocycles. The first-order valence-electron chi connectivity index (χ1n) is 7.63. The normalized spacial score (nSPS) is 20.9. The second-order valence-electron chi connectivity index (χ2n) is 5.82. The van der Waals surface area contributed by atoms with Crippen LogP contribution >= 0.6 is 0 Å². The van der Waals surface area contributed by atoms with Crippen molar-refractivity contribution in [3.8, 4) is 0 Å².